The van der Waals surface area contributed by atoms with Crippen molar-refractivity contribution < 1.29 is 4.74 Å². The van der Waals surface area contributed by atoms with Crippen molar-refractivity contribution in [3.8, 4) is 5.88 Å². The molecule has 0 aromatic carbocycles. The van der Waals surface area contributed by atoms with Crippen LogP contribution in [0.3, 0.4) is 0 Å². The molecule has 96 valence electrons. The summed E-state index contributed by atoms with van der Waals surface area (Å²) in [7, 11) is 0. The minimum Gasteiger partial charge on any atom is -0.475 e. The molecule has 1 aromatic rings. The topological polar surface area (TPSA) is 47.0 Å². The third-order valence-electron chi connectivity index (χ3n) is 2.25. The molecule has 1 rings (SSSR count). The van der Waals surface area contributed by atoms with Crippen LogP contribution < -0.4 is 10.1 Å². The van der Waals surface area contributed by atoms with Gasteiger partial charge in [0.25, 0.3) is 0 Å². The first-order chi connectivity index (χ1) is 8.11. The van der Waals surface area contributed by atoms with E-state index in [-0.39, 0.29) is 6.10 Å². The Kier molecular flexibility index (Phi) is 5.73. The Morgan fingerprint density at radius 3 is 2.71 bits per heavy atom. The molecule has 0 spiro atoms. The first kappa shape index (κ1) is 13.7. The molecule has 0 aliphatic carbocycles. The first-order valence-electron chi connectivity index (χ1n) is 6.38. The predicted molar refractivity (Wildman–Crippen MR) is 70.5 cm³/mol. The van der Waals surface area contributed by atoms with Gasteiger partial charge in [0.05, 0.1) is 6.10 Å². The lowest BCUT2D eigenvalue weighted by Gasteiger charge is -2.11. The van der Waals surface area contributed by atoms with Crippen LogP contribution in [0.1, 0.15) is 45.7 Å². The SMILES string of the molecule is CCCCCNc1nc(C)cc(OC(C)C)n1. The largest absolute Gasteiger partial charge is 0.475 e. The van der Waals surface area contributed by atoms with Crippen LogP contribution in [-0.4, -0.2) is 22.6 Å². The lowest BCUT2D eigenvalue weighted by atomic mass is 10.2. The Bertz CT molecular complexity index is 339. The molecule has 0 radical (unpaired) electrons. The molecule has 0 fully saturated rings. The number of hydrogen-bond acceptors (Lipinski definition) is 4. The summed E-state index contributed by atoms with van der Waals surface area (Å²) < 4.78 is 5.57. The zero-order valence-electron chi connectivity index (χ0n) is 11.3. The molecular formula is C13H23N3O. The van der Waals surface area contributed by atoms with E-state index in [4.69, 9.17) is 4.74 Å². The van der Waals surface area contributed by atoms with Crippen molar-refractivity contribution in [2.24, 2.45) is 0 Å². The van der Waals surface area contributed by atoms with Gasteiger partial charge >= 0.3 is 0 Å². The Balaban J connectivity index is 2.56. The van der Waals surface area contributed by atoms with Crippen molar-refractivity contribution in [3.05, 3.63) is 11.8 Å². The molecule has 0 aliphatic heterocycles. The number of nitrogens with zero attached hydrogens (tertiary/aromatic N) is 2. The number of ether oxygens (including phenoxy) is 1. The maximum Gasteiger partial charge on any atom is 0.226 e. The molecule has 0 saturated heterocycles. The molecule has 0 unspecified atom stereocenters. The highest BCUT2D eigenvalue weighted by Crippen LogP contribution is 2.13. The fourth-order valence-corrected chi connectivity index (χ4v) is 1.50. The van der Waals surface area contributed by atoms with Gasteiger partial charge in [-0.05, 0) is 27.2 Å². The van der Waals surface area contributed by atoms with E-state index in [1.54, 1.807) is 0 Å². The number of aromatic nitrogens is 2. The highest BCUT2D eigenvalue weighted by molar-refractivity contribution is 5.30. The molecule has 4 nitrogen and oxygen atoms in total. The van der Waals surface area contributed by atoms with E-state index in [0.717, 1.165) is 18.7 Å². The van der Waals surface area contributed by atoms with Crippen LogP contribution in [0.2, 0.25) is 0 Å². The number of rotatable bonds is 7. The molecule has 4 heteroatoms. The van der Waals surface area contributed by atoms with Gasteiger partial charge in [0.1, 0.15) is 0 Å². The molecule has 17 heavy (non-hydrogen) atoms. The molecule has 1 heterocycles. The van der Waals surface area contributed by atoms with Crippen LogP contribution in [0.25, 0.3) is 0 Å². The normalized spacial score (nSPS) is 10.6. The lowest BCUT2D eigenvalue weighted by molar-refractivity contribution is 0.232. The summed E-state index contributed by atoms with van der Waals surface area (Å²) in [5.41, 5.74) is 0.925. The van der Waals surface area contributed by atoms with E-state index >= 15 is 0 Å². The third-order valence-corrected chi connectivity index (χ3v) is 2.25. The highest BCUT2D eigenvalue weighted by Gasteiger charge is 2.04. The summed E-state index contributed by atoms with van der Waals surface area (Å²) >= 11 is 0. The van der Waals surface area contributed by atoms with Crippen LogP contribution in [0.5, 0.6) is 5.88 Å². The van der Waals surface area contributed by atoms with Gasteiger partial charge in [-0.25, -0.2) is 4.98 Å². The number of hydrogen-bond donors (Lipinski definition) is 1. The van der Waals surface area contributed by atoms with Gasteiger partial charge in [-0.2, -0.15) is 4.98 Å². The molecule has 0 atom stereocenters. The number of anilines is 1. The van der Waals surface area contributed by atoms with Gasteiger partial charge in [0.15, 0.2) is 0 Å². The summed E-state index contributed by atoms with van der Waals surface area (Å²) in [4.78, 5) is 8.66. The zero-order valence-corrected chi connectivity index (χ0v) is 11.3. The van der Waals surface area contributed by atoms with Crippen molar-refractivity contribution in [2.75, 3.05) is 11.9 Å². The van der Waals surface area contributed by atoms with E-state index in [1.165, 1.54) is 12.8 Å². The molecule has 1 aromatic heterocycles. The number of nitrogens with one attached hydrogen (secondary N) is 1. The number of unbranched alkanes of at least 4 members (excludes halogenated alkanes) is 2. The van der Waals surface area contributed by atoms with Gasteiger partial charge in [-0.3, -0.25) is 0 Å². The standard InChI is InChI=1S/C13H23N3O/c1-5-6-7-8-14-13-15-11(4)9-12(16-13)17-10(2)3/h9-10H,5-8H2,1-4H3,(H,14,15,16). The summed E-state index contributed by atoms with van der Waals surface area (Å²) in [5, 5.41) is 3.23. The average molecular weight is 237 g/mol. The molecule has 0 amide bonds. The second-order valence-corrected chi connectivity index (χ2v) is 4.47. The van der Waals surface area contributed by atoms with Crippen molar-refractivity contribution in [3.63, 3.8) is 0 Å². The van der Waals surface area contributed by atoms with Gasteiger partial charge in [0.2, 0.25) is 11.8 Å². The van der Waals surface area contributed by atoms with E-state index in [2.05, 4.69) is 22.2 Å². The quantitative estimate of drug-likeness (QED) is 0.740. The van der Waals surface area contributed by atoms with Crippen molar-refractivity contribution in [1.82, 2.24) is 9.97 Å². The monoisotopic (exact) mass is 237 g/mol. The van der Waals surface area contributed by atoms with Crippen LogP contribution in [0.4, 0.5) is 5.95 Å². The average Bonchev–Trinajstić information content (AvgIpc) is 2.22. The summed E-state index contributed by atoms with van der Waals surface area (Å²) in [6.07, 6.45) is 3.73. The minimum atomic E-state index is 0.136. The molecule has 0 aliphatic rings. The van der Waals surface area contributed by atoms with Gasteiger partial charge in [-0.15, -0.1) is 0 Å². The molecule has 0 saturated carbocycles. The minimum absolute atomic E-state index is 0.136. The van der Waals surface area contributed by atoms with Crippen LogP contribution in [0, 0.1) is 6.92 Å². The third kappa shape index (κ3) is 5.52. The second-order valence-electron chi connectivity index (χ2n) is 4.47. The number of aryl methyl sites for hydroxylation is 1. The van der Waals surface area contributed by atoms with Crippen molar-refractivity contribution in [1.29, 1.82) is 0 Å². The van der Waals surface area contributed by atoms with Crippen LogP contribution in [-0.2, 0) is 0 Å². The van der Waals surface area contributed by atoms with Crippen LogP contribution in [0.15, 0.2) is 6.07 Å². The summed E-state index contributed by atoms with van der Waals surface area (Å²) in [6.45, 7) is 9.04. The Morgan fingerprint density at radius 2 is 2.06 bits per heavy atom. The van der Waals surface area contributed by atoms with Crippen molar-refractivity contribution in [2.45, 2.75) is 53.1 Å². The van der Waals surface area contributed by atoms with Gasteiger partial charge in [0, 0.05) is 18.3 Å². The molecule has 1 N–H and O–H groups in total. The van der Waals surface area contributed by atoms with E-state index < -0.39 is 0 Å². The highest BCUT2D eigenvalue weighted by atomic mass is 16.5. The van der Waals surface area contributed by atoms with Crippen molar-refractivity contribution >= 4 is 5.95 Å². The Hall–Kier alpha value is -1.32. The van der Waals surface area contributed by atoms with E-state index in [1.807, 2.05) is 26.8 Å². The first-order valence-corrected chi connectivity index (χ1v) is 6.38. The maximum absolute atomic E-state index is 5.57. The van der Waals surface area contributed by atoms with Gasteiger partial charge in [-0.1, -0.05) is 19.8 Å². The van der Waals surface area contributed by atoms with Gasteiger partial charge < -0.3 is 10.1 Å². The fraction of sp³-hybridized carbons (Fsp3) is 0.692. The fourth-order valence-electron chi connectivity index (χ4n) is 1.50. The summed E-state index contributed by atoms with van der Waals surface area (Å²) in [6, 6.07) is 1.86. The zero-order chi connectivity index (χ0) is 12.7. The predicted octanol–water partition coefficient (Wildman–Crippen LogP) is 3.17. The molecular weight excluding hydrogens is 214 g/mol. The Labute approximate surface area is 104 Å². The smallest absolute Gasteiger partial charge is 0.226 e. The Morgan fingerprint density at radius 1 is 1.29 bits per heavy atom. The van der Waals surface area contributed by atoms with Crippen LogP contribution >= 0.6 is 0 Å². The second kappa shape index (κ2) is 7.09. The van der Waals surface area contributed by atoms with E-state index in [9.17, 15) is 0 Å². The lowest BCUT2D eigenvalue weighted by Crippen LogP contribution is -2.10. The maximum atomic E-state index is 5.57. The van der Waals surface area contributed by atoms with E-state index in [0.29, 0.717) is 11.8 Å². The molecule has 0 bridgehead atoms. The summed E-state index contributed by atoms with van der Waals surface area (Å²) in [5.74, 6) is 1.31.